The van der Waals surface area contributed by atoms with Crippen molar-refractivity contribution in [3.63, 3.8) is 0 Å². The SMILES string of the molecule is CCCC(OCC)C(=O)Oc1ccccc1. The topological polar surface area (TPSA) is 35.5 Å². The zero-order chi connectivity index (χ0) is 11.8. The predicted octanol–water partition coefficient (Wildman–Crippen LogP) is 2.80. The average Bonchev–Trinajstić information content (AvgIpc) is 2.30. The van der Waals surface area contributed by atoms with Gasteiger partial charge in [-0.25, -0.2) is 4.79 Å². The van der Waals surface area contributed by atoms with Gasteiger partial charge in [0.1, 0.15) is 5.75 Å². The minimum absolute atomic E-state index is 0.310. The van der Waals surface area contributed by atoms with Gasteiger partial charge in [-0.3, -0.25) is 0 Å². The Kier molecular flexibility index (Phi) is 5.57. The third-order valence-electron chi connectivity index (χ3n) is 2.14. The largest absolute Gasteiger partial charge is 0.425 e. The molecule has 1 atom stereocenters. The summed E-state index contributed by atoms with van der Waals surface area (Å²) in [6.45, 7) is 4.41. The number of carbonyl (C=O) groups excluding carboxylic acids is 1. The fraction of sp³-hybridized carbons (Fsp3) is 0.462. The molecule has 0 bridgehead atoms. The summed E-state index contributed by atoms with van der Waals surface area (Å²) < 4.78 is 10.6. The molecular formula is C13H18O3. The highest BCUT2D eigenvalue weighted by Crippen LogP contribution is 2.12. The Labute approximate surface area is 96.4 Å². The van der Waals surface area contributed by atoms with Crippen molar-refractivity contribution in [2.75, 3.05) is 6.61 Å². The van der Waals surface area contributed by atoms with Crippen LogP contribution in [0.15, 0.2) is 30.3 Å². The number of hydrogen-bond acceptors (Lipinski definition) is 3. The van der Waals surface area contributed by atoms with E-state index in [4.69, 9.17) is 9.47 Å². The standard InChI is InChI=1S/C13H18O3/c1-3-8-12(15-4-2)13(14)16-11-9-6-5-7-10-11/h5-7,9-10,12H,3-4,8H2,1-2H3. The lowest BCUT2D eigenvalue weighted by molar-refractivity contribution is -0.147. The van der Waals surface area contributed by atoms with Crippen LogP contribution in [0.4, 0.5) is 0 Å². The molecule has 0 N–H and O–H groups in total. The van der Waals surface area contributed by atoms with Crippen LogP contribution in [0.25, 0.3) is 0 Å². The number of ether oxygens (including phenoxy) is 2. The molecule has 0 saturated carbocycles. The fourth-order valence-corrected chi connectivity index (χ4v) is 1.40. The van der Waals surface area contributed by atoms with E-state index in [9.17, 15) is 4.79 Å². The Balaban J connectivity index is 2.55. The first-order chi connectivity index (χ1) is 7.77. The van der Waals surface area contributed by atoms with E-state index in [1.807, 2.05) is 32.0 Å². The summed E-state index contributed by atoms with van der Waals surface area (Å²) in [5.74, 6) is 0.253. The Hall–Kier alpha value is -1.35. The van der Waals surface area contributed by atoms with Crippen molar-refractivity contribution in [2.24, 2.45) is 0 Å². The summed E-state index contributed by atoms with van der Waals surface area (Å²) in [6, 6.07) is 9.05. The summed E-state index contributed by atoms with van der Waals surface area (Å²) >= 11 is 0. The lowest BCUT2D eigenvalue weighted by Gasteiger charge is -2.14. The van der Waals surface area contributed by atoms with Gasteiger partial charge in [0.05, 0.1) is 0 Å². The molecule has 1 rings (SSSR count). The number of hydrogen-bond donors (Lipinski definition) is 0. The zero-order valence-electron chi connectivity index (χ0n) is 9.81. The number of carbonyl (C=O) groups is 1. The summed E-state index contributed by atoms with van der Waals surface area (Å²) in [6.07, 6.45) is 1.14. The van der Waals surface area contributed by atoms with Crippen LogP contribution >= 0.6 is 0 Å². The van der Waals surface area contributed by atoms with Gasteiger partial charge >= 0.3 is 5.97 Å². The van der Waals surface area contributed by atoms with E-state index in [0.29, 0.717) is 18.8 Å². The minimum atomic E-state index is -0.449. The highest BCUT2D eigenvalue weighted by molar-refractivity contribution is 5.77. The molecule has 0 aromatic heterocycles. The van der Waals surface area contributed by atoms with Crippen molar-refractivity contribution in [1.82, 2.24) is 0 Å². The number of esters is 1. The Morgan fingerprint density at radius 2 is 1.94 bits per heavy atom. The maximum absolute atomic E-state index is 11.7. The van der Waals surface area contributed by atoms with Gasteiger partial charge in [0.15, 0.2) is 6.10 Å². The molecule has 3 heteroatoms. The van der Waals surface area contributed by atoms with E-state index in [1.165, 1.54) is 0 Å². The molecule has 1 aromatic carbocycles. The normalized spacial score (nSPS) is 12.1. The highest BCUT2D eigenvalue weighted by atomic mass is 16.6. The van der Waals surface area contributed by atoms with Crippen LogP contribution in [-0.2, 0) is 9.53 Å². The molecule has 0 aliphatic rings. The van der Waals surface area contributed by atoms with Gasteiger partial charge in [0.25, 0.3) is 0 Å². The molecule has 0 spiro atoms. The number of benzene rings is 1. The van der Waals surface area contributed by atoms with Crippen LogP contribution in [-0.4, -0.2) is 18.7 Å². The minimum Gasteiger partial charge on any atom is -0.425 e. The van der Waals surface area contributed by atoms with E-state index >= 15 is 0 Å². The van der Waals surface area contributed by atoms with Gasteiger partial charge in [-0.15, -0.1) is 0 Å². The Bertz CT molecular complexity index is 302. The average molecular weight is 222 g/mol. The number of rotatable bonds is 6. The van der Waals surface area contributed by atoms with Crippen LogP contribution < -0.4 is 4.74 Å². The highest BCUT2D eigenvalue weighted by Gasteiger charge is 2.19. The van der Waals surface area contributed by atoms with E-state index in [-0.39, 0.29) is 5.97 Å². The van der Waals surface area contributed by atoms with Crippen LogP contribution in [0.1, 0.15) is 26.7 Å². The van der Waals surface area contributed by atoms with Crippen LogP contribution in [0.5, 0.6) is 5.75 Å². The summed E-state index contributed by atoms with van der Waals surface area (Å²) in [4.78, 5) is 11.7. The second-order valence-corrected chi connectivity index (χ2v) is 3.47. The summed E-state index contributed by atoms with van der Waals surface area (Å²) in [7, 11) is 0. The van der Waals surface area contributed by atoms with Crippen LogP contribution in [0.2, 0.25) is 0 Å². The van der Waals surface area contributed by atoms with Crippen molar-refractivity contribution < 1.29 is 14.3 Å². The van der Waals surface area contributed by atoms with Gasteiger partial charge in [0, 0.05) is 6.61 Å². The molecule has 0 heterocycles. The van der Waals surface area contributed by atoms with Crippen molar-refractivity contribution in [2.45, 2.75) is 32.8 Å². The Morgan fingerprint density at radius 1 is 1.25 bits per heavy atom. The molecule has 0 saturated heterocycles. The molecule has 0 aliphatic carbocycles. The lowest BCUT2D eigenvalue weighted by atomic mass is 10.2. The second-order valence-electron chi connectivity index (χ2n) is 3.47. The molecule has 0 fully saturated rings. The van der Waals surface area contributed by atoms with Gasteiger partial charge in [0.2, 0.25) is 0 Å². The van der Waals surface area contributed by atoms with Crippen molar-refractivity contribution in [3.8, 4) is 5.75 Å². The first-order valence-electron chi connectivity index (χ1n) is 5.66. The van der Waals surface area contributed by atoms with Crippen molar-refractivity contribution in [3.05, 3.63) is 30.3 Å². The predicted molar refractivity (Wildman–Crippen MR) is 62.4 cm³/mol. The second kappa shape index (κ2) is 7.01. The zero-order valence-corrected chi connectivity index (χ0v) is 9.81. The lowest BCUT2D eigenvalue weighted by Crippen LogP contribution is -2.28. The van der Waals surface area contributed by atoms with E-state index < -0.39 is 6.10 Å². The molecule has 3 nitrogen and oxygen atoms in total. The molecular weight excluding hydrogens is 204 g/mol. The maximum atomic E-state index is 11.7. The van der Waals surface area contributed by atoms with Gasteiger partial charge in [-0.2, -0.15) is 0 Å². The molecule has 0 amide bonds. The van der Waals surface area contributed by atoms with Crippen molar-refractivity contribution >= 4 is 5.97 Å². The van der Waals surface area contributed by atoms with Crippen LogP contribution in [0.3, 0.4) is 0 Å². The molecule has 1 unspecified atom stereocenters. The summed E-state index contributed by atoms with van der Waals surface area (Å²) in [5.41, 5.74) is 0. The maximum Gasteiger partial charge on any atom is 0.340 e. The van der Waals surface area contributed by atoms with Crippen LogP contribution in [0, 0.1) is 0 Å². The van der Waals surface area contributed by atoms with E-state index in [0.717, 1.165) is 6.42 Å². The Morgan fingerprint density at radius 3 is 2.50 bits per heavy atom. The van der Waals surface area contributed by atoms with Gasteiger partial charge in [-0.05, 0) is 25.5 Å². The van der Waals surface area contributed by atoms with E-state index in [2.05, 4.69) is 0 Å². The molecule has 1 aromatic rings. The van der Waals surface area contributed by atoms with Crippen molar-refractivity contribution in [1.29, 1.82) is 0 Å². The van der Waals surface area contributed by atoms with Gasteiger partial charge in [-0.1, -0.05) is 31.5 Å². The fourth-order valence-electron chi connectivity index (χ4n) is 1.40. The third-order valence-corrected chi connectivity index (χ3v) is 2.14. The molecule has 0 radical (unpaired) electrons. The summed E-state index contributed by atoms with van der Waals surface area (Å²) in [5, 5.41) is 0. The third kappa shape index (κ3) is 4.03. The van der Waals surface area contributed by atoms with Gasteiger partial charge < -0.3 is 9.47 Å². The quantitative estimate of drug-likeness (QED) is 0.548. The monoisotopic (exact) mass is 222 g/mol. The molecule has 88 valence electrons. The smallest absolute Gasteiger partial charge is 0.340 e. The molecule has 0 aliphatic heterocycles. The molecule has 16 heavy (non-hydrogen) atoms. The van der Waals surface area contributed by atoms with E-state index in [1.54, 1.807) is 12.1 Å². The first kappa shape index (κ1) is 12.7. The number of para-hydroxylation sites is 1. The first-order valence-corrected chi connectivity index (χ1v) is 5.66.